The summed E-state index contributed by atoms with van der Waals surface area (Å²) in [6.07, 6.45) is 2.50. The number of alkyl halides is 1. The fraction of sp³-hybridized carbons (Fsp3) is 0.500. The SMILES string of the molecule is CN(CCCCCCl)S(=O)(=O)c1cccc(F)c1. The smallest absolute Gasteiger partial charge is 0.207 e. The molecule has 6 heteroatoms. The molecule has 0 aliphatic rings. The Kier molecular flexibility index (Phi) is 6.05. The van der Waals surface area contributed by atoms with E-state index >= 15 is 0 Å². The molecule has 3 nitrogen and oxygen atoms in total. The van der Waals surface area contributed by atoms with Gasteiger partial charge in [-0.25, -0.2) is 17.1 Å². The summed E-state index contributed by atoms with van der Waals surface area (Å²) in [4.78, 5) is -0.0117. The van der Waals surface area contributed by atoms with Gasteiger partial charge in [0, 0.05) is 19.5 Å². The van der Waals surface area contributed by atoms with Gasteiger partial charge in [-0.05, 0) is 31.0 Å². The number of unbranched alkanes of at least 4 members (excludes halogenated alkanes) is 2. The normalized spacial score (nSPS) is 12.0. The van der Waals surface area contributed by atoms with Crippen LogP contribution in [0.2, 0.25) is 0 Å². The highest BCUT2D eigenvalue weighted by Gasteiger charge is 2.20. The van der Waals surface area contributed by atoms with Crippen LogP contribution in [0.3, 0.4) is 0 Å². The molecule has 0 spiro atoms. The average molecular weight is 294 g/mol. The van der Waals surface area contributed by atoms with E-state index in [-0.39, 0.29) is 4.90 Å². The first-order chi connectivity index (χ1) is 8.48. The van der Waals surface area contributed by atoms with Crippen LogP contribution in [0.25, 0.3) is 0 Å². The molecule has 0 unspecified atom stereocenters. The second kappa shape index (κ2) is 7.07. The molecule has 0 saturated heterocycles. The van der Waals surface area contributed by atoms with Crippen LogP contribution in [0.15, 0.2) is 29.2 Å². The Morgan fingerprint density at radius 1 is 1.28 bits per heavy atom. The zero-order valence-electron chi connectivity index (χ0n) is 10.3. The van der Waals surface area contributed by atoms with Crippen LogP contribution in [0.1, 0.15) is 19.3 Å². The van der Waals surface area contributed by atoms with E-state index in [0.717, 1.165) is 25.3 Å². The number of hydrogen-bond acceptors (Lipinski definition) is 2. The quantitative estimate of drug-likeness (QED) is 0.573. The summed E-state index contributed by atoms with van der Waals surface area (Å²) in [6, 6.07) is 5.04. The molecule has 0 aromatic heterocycles. The van der Waals surface area contributed by atoms with Crippen molar-refractivity contribution < 1.29 is 12.8 Å². The van der Waals surface area contributed by atoms with Crippen LogP contribution in [-0.4, -0.2) is 32.2 Å². The Morgan fingerprint density at radius 3 is 2.61 bits per heavy atom. The maximum Gasteiger partial charge on any atom is 0.242 e. The summed E-state index contributed by atoms with van der Waals surface area (Å²) >= 11 is 5.55. The van der Waals surface area contributed by atoms with E-state index in [4.69, 9.17) is 11.6 Å². The molecule has 0 bridgehead atoms. The molecule has 0 saturated carbocycles. The Bertz CT molecular complexity index is 479. The standard InChI is InChI=1S/C12H17ClFNO2S/c1-15(9-4-2-3-8-13)18(16,17)12-7-5-6-11(14)10-12/h5-7,10H,2-4,8-9H2,1H3. The molecule has 18 heavy (non-hydrogen) atoms. The van der Waals surface area contributed by atoms with Crippen molar-refractivity contribution >= 4 is 21.6 Å². The van der Waals surface area contributed by atoms with Gasteiger partial charge in [0.15, 0.2) is 0 Å². The van der Waals surface area contributed by atoms with Crippen molar-refractivity contribution in [2.75, 3.05) is 19.5 Å². The van der Waals surface area contributed by atoms with Gasteiger partial charge in [0.05, 0.1) is 4.90 Å². The fourth-order valence-corrected chi connectivity index (χ4v) is 2.96. The number of benzene rings is 1. The molecule has 0 heterocycles. The van der Waals surface area contributed by atoms with Crippen LogP contribution < -0.4 is 0 Å². The minimum absolute atomic E-state index is 0.0117. The molecule has 0 fully saturated rings. The molecule has 0 radical (unpaired) electrons. The molecule has 0 N–H and O–H groups in total. The van der Waals surface area contributed by atoms with Crippen molar-refractivity contribution in [1.29, 1.82) is 0 Å². The van der Waals surface area contributed by atoms with Crippen molar-refractivity contribution in [1.82, 2.24) is 4.31 Å². The van der Waals surface area contributed by atoms with E-state index in [0.29, 0.717) is 12.4 Å². The van der Waals surface area contributed by atoms with Crippen molar-refractivity contribution in [2.45, 2.75) is 24.2 Å². The largest absolute Gasteiger partial charge is 0.242 e. The average Bonchev–Trinajstić information content (AvgIpc) is 2.34. The van der Waals surface area contributed by atoms with Gasteiger partial charge in [-0.15, -0.1) is 11.6 Å². The Morgan fingerprint density at radius 2 is 2.00 bits per heavy atom. The predicted octanol–water partition coefficient (Wildman–Crippen LogP) is 2.86. The minimum atomic E-state index is -3.59. The zero-order valence-corrected chi connectivity index (χ0v) is 11.8. The van der Waals surface area contributed by atoms with E-state index in [1.54, 1.807) is 0 Å². The highest BCUT2D eigenvalue weighted by molar-refractivity contribution is 7.89. The molecule has 0 atom stereocenters. The number of nitrogens with zero attached hydrogens (tertiary/aromatic N) is 1. The molecule has 102 valence electrons. The zero-order chi connectivity index (χ0) is 13.6. The van der Waals surface area contributed by atoms with Gasteiger partial charge in [0.1, 0.15) is 5.82 Å². The topological polar surface area (TPSA) is 37.4 Å². The lowest BCUT2D eigenvalue weighted by Gasteiger charge is -2.17. The summed E-state index contributed by atoms with van der Waals surface area (Å²) in [5.41, 5.74) is 0. The Labute approximate surface area is 113 Å². The number of sulfonamides is 1. The van der Waals surface area contributed by atoms with Crippen molar-refractivity contribution in [3.05, 3.63) is 30.1 Å². The molecule has 0 aliphatic heterocycles. The van der Waals surface area contributed by atoms with Gasteiger partial charge < -0.3 is 0 Å². The maximum atomic E-state index is 13.0. The van der Waals surface area contributed by atoms with Gasteiger partial charge in [0.2, 0.25) is 10.0 Å². The van der Waals surface area contributed by atoms with Gasteiger partial charge in [-0.2, -0.15) is 0 Å². The fourth-order valence-electron chi connectivity index (χ4n) is 1.53. The third-order valence-corrected chi connectivity index (χ3v) is 4.73. The molecular formula is C12H17ClFNO2S. The predicted molar refractivity (Wildman–Crippen MR) is 70.8 cm³/mol. The molecule has 1 aromatic rings. The highest BCUT2D eigenvalue weighted by Crippen LogP contribution is 2.16. The van der Waals surface area contributed by atoms with Crippen LogP contribution in [0.5, 0.6) is 0 Å². The number of halogens is 2. The third kappa shape index (κ3) is 4.23. The Hall–Kier alpha value is -0.650. The van der Waals surface area contributed by atoms with Gasteiger partial charge in [0.25, 0.3) is 0 Å². The third-order valence-electron chi connectivity index (χ3n) is 2.61. The lowest BCUT2D eigenvalue weighted by atomic mass is 10.2. The van der Waals surface area contributed by atoms with Crippen molar-refractivity contribution in [2.24, 2.45) is 0 Å². The summed E-state index contributed by atoms with van der Waals surface area (Å²) in [5, 5.41) is 0. The summed E-state index contributed by atoms with van der Waals surface area (Å²) < 4.78 is 38.4. The Balaban J connectivity index is 2.68. The maximum absolute atomic E-state index is 13.0. The molecule has 0 aliphatic carbocycles. The van der Waals surface area contributed by atoms with E-state index in [2.05, 4.69) is 0 Å². The summed E-state index contributed by atoms with van der Waals surface area (Å²) in [7, 11) is -2.09. The monoisotopic (exact) mass is 293 g/mol. The van der Waals surface area contributed by atoms with E-state index in [1.165, 1.54) is 29.6 Å². The van der Waals surface area contributed by atoms with Crippen LogP contribution in [-0.2, 0) is 10.0 Å². The van der Waals surface area contributed by atoms with Crippen LogP contribution in [0.4, 0.5) is 4.39 Å². The highest BCUT2D eigenvalue weighted by atomic mass is 35.5. The van der Waals surface area contributed by atoms with E-state index in [9.17, 15) is 12.8 Å². The first-order valence-electron chi connectivity index (χ1n) is 5.76. The van der Waals surface area contributed by atoms with Gasteiger partial charge in [-0.1, -0.05) is 12.5 Å². The lowest BCUT2D eigenvalue weighted by molar-refractivity contribution is 0.454. The minimum Gasteiger partial charge on any atom is -0.207 e. The second-order valence-electron chi connectivity index (χ2n) is 4.03. The molecule has 0 amide bonds. The van der Waals surface area contributed by atoms with Crippen LogP contribution in [0, 0.1) is 5.82 Å². The first-order valence-corrected chi connectivity index (χ1v) is 7.74. The number of rotatable bonds is 7. The lowest BCUT2D eigenvalue weighted by Crippen LogP contribution is -2.28. The van der Waals surface area contributed by atoms with Crippen LogP contribution >= 0.6 is 11.6 Å². The second-order valence-corrected chi connectivity index (χ2v) is 6.46. The van der Waals surface area contributed by atoms with Gasteiger partial charge in [-0.3, -0.25) is 0 Å². The molecule has 1 aromatic carbocycles. The molecular weight excluding hydrogens is 277 g/mol. The van der Waals surface area contributed by atoms with E-state index < -0.39 is 15.8 Å². The van der Waals surface area contributed by atoms with Crippen molar-refractivity contribution in [3.8, 4) is 0 Å². The van der Waals surface area contributed by atoms with Gasteiger partial charge >= 0.3 is 0 Å². The van der Waals surface area contributed by atoms with E-state index in [1.807, 2.05) is 0 Å². The summed E-state index contributed by atoms with van der Waals surface area (Å²) in [6.45, 7) is 0.412. The first kappa shape index (κ1) is 15.4. The molecule has 1 rings (SSSR count). The van der Waals surface area contributed by atoms with Crippen molar-refractivity contribution in [3.63, 3.8) is 0 Å². The summed E-state index contributed by atoms with van der Waals surface area (Å²) in [5.74, 6) is 0.0343. The number of hydrogen-bond donors (Lipinski definition) is 0.